The predicted octanol–water partition coefficient (Wildman–Crippen LogP) is 7.04. The number of nitrogens with one attached hydrogen (secondary N) is 3. The molecule has 0 aliphatic heterocycles. The molecule has 0 saturated carbocycles. The summed E-state index contributed by atoms with van der Waals surface area (Å²) in [6.45, 7) is 8.38. The Labute approximate surface area is 367 Å². The molecule has 5 aromatic rings. The molecule has 0 aliphatic rings. The van der Waals surface area contributed by atoms with Gasteiger partial charge in [0, 0.05) is 29.2 Å². The number of aliphatic hydroxyl groups is 2. The summed E-state index contributed by atoms with van der Waals surface area (Å²) in [5.41, 5.74) is 6.43. The van der Waals surface area contributed by atoms with Gasteiger partial charge in [0.15, 0.2) is 12.2 Å². The fourth-order valence-corrected chi connectivity index (χ4v) is 6.65. The molecule has 5 rings (SSSR count). The summed E-state index contributed by atoms with van der Waals surface area (Å²) in [6.07, 6.45) is 1.91. The second-order valence-corrected chi connectivity index (χ2v) is 15.1. The molecule has 14 heteroatoms. The Morgan fingerprint density at radius 2 is 1.17 bits per heavy atom. The van der Waals surface area contributed by atoms with Gasteiger partial charge in [-0.2, -0.15) is 0 Å². The maximum absolute atomic E-state index is 13.0. The van der Waals surface area contributed by atoms with Gasteiger partial charge in [-0.1, -0.05) is 107 Å². The quantitative estimate of drug-likeness (QED) is 0.0417. The number of ether oxygens (including phenoxy) is 1. The number of hydrogen-bond donors (Lipinski definition) is 7. The molecule has 63 heavy (non-hydrogen) atoms. The predicted molar refractivity (Wildman–Crippen MR) is 240 cm³/mol. The number of carboxylic acids is 2. The molecule has 1 heterocycles. The summed E-state index contributed by atoms with van der Waals surface area (Å²) in [4.78, 5) is 64.7. The van der Waals surface area contributed by atoms with Crippen molar-refractivity contribution in [2.75, 3.05) is 11.9 Å². The molecule has 0 radical (unpaired) electrons. The topological polar surface area (TPSA) is 224 Å². The number of carboxylic acid groups (broad SMARTS) is 2. The number of unbranched alkanes of at least 4 members (excludes halogenated alkanes) is 1. The Hall–Kier alpha value is -6.90. The van der Waals surface area contributed by atoms with E-state index in [4.69, 9.17) is 4.74 Å². The third-order valence-corrected chi connectivity index (χ3v) is 10.1. The van der Waals surface area contributed by atoms with Crippen molar-refractivity contribution in [1.29, 1.82) is 0 Å². The van der Waals surface area contributed by atoms with Crippen molar-refractivity contribution in [2.45, 2.75) is 90.0 Å². The highest BCUT2D eigenvalue weighted by atomic mass is 16.5. The number of anilines is 1. The van der Waals surface area contributed by atoms with Gasteiger partial charge >= 0.3 is 18.0 Å². The highest BCUT2D eigenvalue weighted by Gasteiger charge is 2.29. The zero-order valence-electron chi connectivity index (χ0n) is 35.9. The number of amides is 3. The second-order valence-electron chi connectivity index (χ2n) is 15.1. The normalized spacial score (nSPS) is 12.7. The summed E-state index contributed by atoms with van der Waals surface area (Å²) >= 11 is 0. The van der Waals surface area contributed by atoms with Crippen LogP contribution in [0.25, 0.3) is 11.1 Å². The number of aliphatic hydroxyl groups excluding tert-OH is 2. The van der Waals surface area contributed by atoms with Crippen molar-refractivity contribution in [2.24, 2.45) is 0 Å². The van der Waals surface area contributed by atoms with Crippen LogP contribution in [0.2, 0.25) is 0 Å². The molecule has 0 saturated heterocycles. The van der Waals surface area contributed by atoms with Crippen molar-refractivity contribution in [3.8, 4) is 11.1 Å². The molecule has 0 unspecified atom stereocenters. The number of carbonyl (C=O) groups excluding carboxylic acids is 3. The minimum Gasteiger partial charge on any atom is -0.479 e. The number of aromatic nitrogens is 1. The van der Waals surface area contributed by atoms with Crippen LogP contribution in [0.1, 0.15) is 89.4 Å². The minimum atomic E-state index is -1.78. The first-order valence-electron chi connectivity index (χ1n) is 20.8. The highest BCUT2D eigenvalue weighted by Crippen LogP contribution is 2.30. The molecule has 0 spiro atoms. The van der Waals surface area contributed by atoms with Crippen LogP contribution < -0.4 is 16.0 Å². The van der Waals surface area contributed by atoms with Gasteiger partial charge < -0.3 is 35.8 Å². The Morgan fingerprint density at radius 3 is 1.65 bits per heavy atom. The van der Waals surface area contributed by atoms with E-state index in [2.05, 4.69) is 34.8 Å². The molecular weight excluding hydrogens is 805 g/mol. The molecule has 0 aliphatic carbocycles. The van der Waals surface area contributed by atoms with Crippen molar-refractivity contribution in [1.82, 2.24) is 15.6 Å². The first kappa shape index (κ1) is 48.8. The Kier molecular flexibility index (Phi) is 19.0. The van der Waals surface area contributed by atoms with Gasteiger partial charge in [0.1, 0.15) is 0 Å². The van der Waals surface area contributed by atoms with Crippen LogP contribution in [0.15, 0.2) is 122 Å². The zero-order chi connectivity index (χ0) is 45.9. The Morgan fingerprint density at radius 1 is 0.667 bits per heavy atom. The lowest BCUT2D eigenvalue weighted by atomic mass is 9.91. The molecular formula is C49H56N4O10. The van der Waals surface area contributed by atoms with Crippen LogP contribution in [0.5, 0.6) is 0 Å². The molecule has 0 fully saturated rings. The van der Waals surface area contributed by atoms with Crippen LogP contribution in [-0.4, -0.2) is 86.2 Å². The standard InChI is InChI=1S/C25H26N2O4.C24H30N2O6/c1-16(2)20-9-8-19(15-21(20)18-10-12-26-13-11-18)24(29)27-22(23(28)25(30)31)14-17-6-4-3-5-7-17;1-3-5-13-32-24(31)26-19-15-18(12-11-17(19)4-2)22(28)25-20(21(27)23(29)30)14-16-9-7-6-8-10-16/h3-13,15-16,22-23,28H,14H2,1-2H3,(H,27,29)(H,30,31);6-12,15,20-21,27H,3-5,13-14H2,1-2H3,(H,25,28)(H,26,31)(H,29,30)/t22-,23-;20-,21-/m11/s1. The van der Waals surface area contributed by atoms with E-state index >= 15 is 0 Å². The van der Waals surface area contributed by atoms with E-state index in [-0.39, 0.29) is 24.3 Å². The van der Waals surface area contributed by atoms with Crippen molar-refractivity contribution in [3.63, 3.8) is 0 Å². The first-order valence-corrected chi connectivity index (χ1v) is 20.8. The lowest BCUT2D eigenvalue weighted by Gasteiger charge is -2.22. The van der Waals surface area contributed by atoms with Crippen molar-refractivity contribution in [3.05, 3.63) is 155 Å². The Balaban J connectivity index is 0.000000277. The number of benzene rings is 4. The number of carbonyl (C=O) groups is 5. The number of aryl methyl sites for hydroxylation is 1. The van der Waals surface area contributed by atoms with Crippen molar-refractivity contribution < 1.29 is 49.1 Å². The van der Waals surface area contributed by atoms with Crippen LogP contribution in [0.4, 0.5) is 10.5 Å². The lowest BCUT2D eigenvalue weighted by molar-refractivity contribution is -0.148. The monoisotopic (exact) mass is 860 g/mol. The third-order valence-electron chi connectivity index (χ3n) is 10.1. The third kappa shape index (κ3) is 14.9. The maximum atomic E-state index is 13.0. The molecule has 0 bridgehead atoms. The second kappa shape index (κ2) is 24.5. The fourth-order valence-electron chi connectivity index (χ4n) is 6.65. The average molecular weight is 861 g/mol. The molecule has 14 nitrogen and oxygen atoms in total. The van der Waals surface area contributed by atoms with Gasteiger partial charge in [-0.05, 0) is 101 Å². The summed E-state index contributed by atoms with van der Waals surface area (Å²) in [5, 5.41) is 46.8. The van der Waals surface area contributed by atoms with Crippen LogP contribution in [0, 0.1) is 0 Å². The van der Waals surface area contributed by atoms with E-state index in [0.29, 0.717) is 24.3 Å². The molecule has 4 atom stereocenters. The van der Waals surface area contributed by atoms with Gasteiger partial charge in [0.2, 0.25) is 0 Å². The van der Waals surface area contributed by atoms with E-state index in [1.807, 2.05) is 68.4 Å². The molecule has 3 amide bonds. The van der Waals surface area contributed by atoms with Gasteiger partial charge in [0.25, 0.3) is 11.8 Å². The van der Waals surface area contributed by atoms with Crippen LogP contribution in [-0.2, 0) is 33.6 Å². The summed E-state index contributed by atoms with van der Waals surface area (Å²) in [6, 6.07) is 30.2. The minimum absolute atomic E-state index is 0.141. The lowest BCUT2D eigenvalue weighted by Crippen LogP contribution is -2.48. The maximum Gasteiger partial charge on any atom is 0.411 e. The van der Waals surface area contributed by atoms with E-state index in [1.165, 1.54) is 6.07 Å². The number of aliphatic carboxylic acids is 2. The van der Waals surface area contributed by atoms with E-state index in [9.17, 15) is 44.4 Å². The SMILES string of the molecule is CC(C)c1ccc(C(=O)N[C@H](Cc2ccccc2)[C@@H](O)C(=O)O)cc1-c1ccncc1.CCCCOC(=O)Nc1cc(C(=O)N[C@H](Cc2ccccc2)[C@@H](O)C(=O)O)ccc1CC. The van der Waals surface area contributed by atoms with Crippen LogP contribution in [0.3, 0.4) is 0 Å². The highest BCUT2D eigenvalue weighted by molar-refractivity contribution is 5.98. The van der Waals surface area contributed by atoms with Gasteiger partial charge in [0.05, 0.1) is 18.7 Å². The van der Waals surface area contributed by atoms with Gasteiger partial charge in [-0.25, -0.2) is 14.4 Å². The zero-order valence-corrected chi connectivity index (χ0v) is 35.9. The average Bonchev–Trinajstić information content (AvgIpc) is 3.29. The Bertz CT molecular complexity index is 2270. The summed E-state index contributed by atoms with van der Waals surface area (Å²) in [7, 11) is 0. The number of hydrogen-bond acceptors (Lipinski definition) is 9. The van der Waals surface area contributed by atoms with E-state index < -0.39 is 54.1 Å². The molecule has 4 aromatic carbocycles. The molecule has 332 valence electrons. The van der Waals surface area contributed by atoms with Crippen LogP contribution >= 0.6 is 0 Å². The number of nitrogens with zero attached hydrogens (tertiary/aromatic N) is 1. The number of rotatable bonds is 19. The number of pyridine rings is 1. The first-order chi connectivity index (χ1) is 30.2. The molecule has 7 N–H and O–H groups in total. The molecule has 1 aromatic heterocycles. The van der Waals surface area contributed by atoms with E-state index in [1.54, 1.807) is 60.9 Å². The summed E-state index contributed by atoms with van der Waals surface area (Å²) < 4.78 is 5.13. The van der Waals surface area contributed by atoms with E-state index in [0.717, 1.165) is 46.2 Å². The van der Waals surface area contributed by atoms with Gasteiger partial charge in [-0.3, -0.25) is 19.9 Å². The smallest absolute Gasteiger partial charge is 0.411 e. The fraction of sp³-hybridized carbons (Fsp3) is 0.306. The van der Waals surface area contributed by atoms with Crippen molar-refractivity contribution >= 4 is 35.5 Å². The summed E-state index contributed by atoms with van der Waals surface area (Å²) in [5.74, 6) is -3.55. The van der Waals surface area contributed by atoms with Gasteiger partial charge in [-0.15, -0.1) is 0 Å². The largest absolute Gasteiger partial charge is 0.479 e.